The van der Waals surface area contributed by atoms with Gasteiger partial charge in [-0.2, -0.15) is 0 Å². The van der Waals surface area contributed by atoms with Gasteiger partial charge in [0.1, 0.15) is 0 Å². The lowest BCUT2D eigenvalue weighted by Gasteiger charge is -2.19. The Bertz CT molecular complexity index is 312. The molecule has 0 aliphatic heterocycles. The van der Waals surface area contributed by atoms with Gasteiger partial charge in [-0.25, -0.2) is 0 Å². The molecule has 0 atom stereocenters. The fraction of sp³-hybridized carbons (Fsp3) is 0.926. The second-order valence-electron chi connectivity index (χ2n) is 8.68. The first-order chi connectivity index (χ1) is 14.8. The SMILES string of the molecule is CCCCCCCCOC(CCCCCC/C=C/CCO)OCCCCCCCC. The molecule has 30 heavy (non-hydrogen) atoms. The zero-order chi connectivity index (χ0) is 22.0. The molecule has 0 aromatic heterocycles. The fourth-order valence-electron chi connectivity index (χ4n) is 3.65. The molecular formula is C27H54O3. The number of unbranched alkanes of at least 4 members (excludes halogenated alkanes) is 14. The van der Waals surface area contributed by atoms with Gasteiger partial charge in [-0.15, -0.1) is 0 Å². The van der Waals surface area contributed by atoms with Crippen LogP contribution in [0.1, 0.15) is 136 Å². The predicted octanol–water partition coefficient (Wildman–Crippen LogP) is 8.35. The number of allylic oxidation sites excluding steroid dienone is 1. The minimum atomic E-state index is 0.000679. The van der Waals surface area contributed by atoms with Crippen molar-refractivity contribution in [2.75, 3.05) is 19.8 Å². The van der Waals surface area contributed by atoms with Crippen molar-refractivity contribution >= 4 is 0 Å². The molecule has 3 nitrogen and oxygen atoms in total. The maximum atomic E-state index is 8.77. The van der Waals surface area contributed by atoms with E-state index in [0.717, 1.165) is 32.5 Å². The van der Waals surface area contributed by atoms with Crippen molar-refractivity contribution in [1.82, 2.24) is 0 Å². The van der Waals surface area contributed by atoms with E-state index in [1.165, 1.54) is 103 Å². The van der Waals surface area contributed by atoms with Crippen molar-refractivity contribution < 1.29 is 14.6 Å². The number of hydrogen-bond donors (Lipinski definition) is 1. The Balaban J connectivity index is 3.85. The molecular weight excluding hydrogens is 372 g/mol. The summed E-state index contributed by atoms with van der Waals surface area (Å²) >= 11 is 0. The van der Waals surface area contributed by atoms with E-state index in [-0.39, 0.29) is 12.9 Å². The first-order valence-corrected chi connectivity index (χ1v) is 13.3. The smallest absolute Gasteiger partial charge is 0.157 e. The minimum absolute atomic E-state index is 0.000679. The maximum absolute atomic E-state index is 8.77. The topological polar surface area (TPSA) is 38.7 Å². The van der Waals surface area contributed by atoms with E-state index in [0.29, 0.717) is 0 Å². The van der Waals surface area contributed by atoms with E-state index >= 15 is 0 Å². The van der Waals surface area contributed by atoms with Crippen LogP contribution in [0.15, 0.2) is 12.2 Å². The third-order valence-corrected chi connectivity index (χ3v) is 5.63. The fourth-order valence-corrected chi connectivity index (χ4v) is 3.65. The molecule has 0 radical (unpaired) electrons. The first kappa shape index (κ1) is 29.6. The van der Waals surface area contributed by atoms with E-state index in [4.69, 9.17) is 14.6 Å². The molecule has 0 fully saturated rings. The molecule has 0 rings (SSSR count). The second-order valence-corrected chi connectivity index (χ2v) is 8.68. The summed E-state index contributed by atoms with van der Waals surface area (Å²) in [5.41, 5.74) is 0. The van der Waals surface area contributed by atoms with Crippen molar-refractivity contribution in [2.45, 2.75) is 142 Å². The van der Waals surface area contributed by atoms with Crippen molar-refractivity contribution in [1.29, 1.82) is 0 Å². The Morgan fingerprint density at radius 1 is 0.567 bits per heavy atom. The molecule has 3 heteroatoms. The van der Waals surface area contributed by atoms with Crippen molar-refractivity contribution in [3.05, 3.63) is 12.2 Å². The molecule has 0 aliphatic carbocycles. The van der Waals surface area contributed by atoms with Gasteiger partial charge in [0, 0.05) is 19.8 Å². The highest BCUT2D eigenvalue weighted by Gasteiger charge is 2.09. The van der Waals surface area contributed by atoms with Crippen LogP contribution in [-0.2, 0) is 9.47 Å². The number of aliphatic hydroxyl groups is 1. The van der Waals surface area contributed by atoms with Crippen LogP contribution < -0.4 is 0 Å². The van der Waals surface area contributed by atoms with Gasteiger partial charge in [0.25, 0.3) is 0 Å². The van der Waals surface area contributed by atoms with Gasteiger partial charge >= 0.3 is 0 Å². The van der Waals surface area contributed by atoms with Crippen LogP contribution in [0.3, 0.4) is 0 Å². The summed E-state index contributed by atoms with van der Waals surface area (Å²) in [6, 6.07) is 0. The van der Waals surface area contributed by atoms with Crippen LogP contribution in [-0.4, -0.2) is 31.2 Å². The van der Waals surface area contributed by atoms with Crippen LogP contribution in [0, 0.1) is 0 Å². The van der Waals surface area contributed by atoms with Crippen LogP contribution in [0.5, 0.6) is 0 Å². The highest BCUT2D eigenvalue weighted by Crippen LogP contribution is 2.14. The van der Waals surface area contributed by atoms with E-state index in [9.17, 15) is 0 Å². The number of rotatable bonds is 25. The summed E-state index contributed by atoms with van der Waals surface area (Å²) in [5.74, 6) is 0. The monoisotopic (exact) mass is 426 g/mol. The van der Waals surface area contributed by atoms with Gasteiger partial charge in [-0.05, 0) is 44.9 Å². The molecule has 0 heterocycles. The average molecular weight is 427 g/mol. The molecule has 0 aliphatic rings. The molecule has 1 N–H and O–H groups in total. The summed E-state index contributed by atoms with van der Waals surface area (Å²) in [6.45, 7) is 6.49. The molecule has 0 amide bonds. The summed E-state index contributed by atoms with van der Waals surface area (Å²) in [7, 11) is 0. The van der Waals surface area contributed by atoms with Gasteiger partial charge < -0.3 is 14.6 Å². The molecule has 0 aromatic carbocycles. The van der Waals surface area contributed by atoms with Crippen LogP contribution in [0.2, 0.25) is 0 Å². The third-order valence-electron chi connectivity index (χ3n) is 5.63. The Hall–Kier alpha value is -0.380. The van der Waals surface area contributed by atoms with E-state index < -0.39 is 0 Å². The second kappa shape index (κ2) is 26.7. The maximum Gasteiger partial charge on any atom is 0.157 e. The average Bonchev–Trinajstić information content (AvgIpc) is 2.76. The number of aliphatic hydroxyl groups excluding tert-OH is 1. The molecule has 0 saturated carbocycles. The minimum Gasteiger partial charge on any atom is -0.396 e. The van der Waals surface area contributed by atoms with Gasteiger partial charge in [-0.3, -0.25) is 0 Å². The zero-order valence-corrected chi connectivity index (χ0v) is 20.6. The number of hydrogen-bond acceptors (Lipinski definition) is 3. The quantitative estimate of drug-likeness (QED) is 0.0905. The van der Waals surface area contributed by atoms with Crippen molar-refractivity contribution in [3.63, 3.8) is 0 Å². The molecule has 180 valence electrons. The van der Waals surface area contributed by atoms with Crippen molar-refractivity contribution in [2.24, 2.45) is 0 Å². The predicted molar refractivity (Wildman–Crippen MR) is 131 cm³/mol. The lowest BCUT2D eigenvalue weighted by atomic mass is 10.1. The Morgan fingerprint density at radius 2 is 1.03 bits per heavy atom. The van der Waals surface area contributed by atoms with Gasteiger partial charge in [0.2, 0.25) is 0 Å². The Kier molecular flexibility index (Phi) is 26.3. The third kappa shape index (κ3) is 23.9. The lowest BCUT2D eigenvalue weighted by Crippen LogP contribution is -2.19. The molecule has 0 bridgehead atoms. The van der Waals surface area contributed by atoms with E-state index in [1.54, 1.807) is 0 Å². The summed E-state index contributed by atoms with van der Waals surface area (Å²) < 4.78 is 12.2. The van der Waals surface area contributed by atoms with Crippen LogP contribution >= 0.6 is 0 Å². The zero-order valence-electron chi connectivity index (χ0n) is 20.6. The van der Waals surface area contributed by atoms with Crippen LogP contribution in [0.4, 0.5) is 0 Å². The van der Waals surface area contributed by atoms with Gasteiger partial charge in [-0.1, -0.05) is 103 Å². The van der Waals surface area contributed by atoms with E-state index in [1.807, 2.05) is 0 Å². The van der Waals surface area contributed by atoms with E-state index in [2.05, 4.69) is 26.0 Å². The summed E-state index contributed by atoms with van der Waals surface area (Å²) in [4.78, 5) is 0. The van der Waals surface area contributed by atoms with Crippen LogP contribution in [0.25, 0.3) is 0 Å². The Labute approximate surface area is 189 Å². The number of ether oxygens (including phenoxy) is 2. The molecule has 0 unspecified atom stereocenters. The van der Waals surface area contributed by atoms with Crippen molar-refractivity contribution in [3.8, 4) is 0 Å². The Morgan fingerprint density at radius 3 is 1.60 bits per heavy atom. The highest BCUT2D eigenvalue weighted by molar-refractivity contribution is 4.80. The summed E-state index contributed by atoms with van der Waals surface area (Å²) in [5, 5.41) is 8.77. The van der Waals surface area contributed by atoms with Gasteiger partial charge in [0.05, 0.1) is 0 Å². The normalized spacial score (nSPS) is 11.9. The molecule has 0 saturated heterocycles. The first-order valence-electron chi connectivity index (χ1n) is 13.3. The lowest BCUT2D eigenvalue weighted by molar-refractivity contribution is -0.148. The molecule has 0 aromatic rings. The highest BCUT2D eigenvalue weighted by atomic mass is 16.7. The largest absolute Gasteiger partial charge is 0.396 e. The van der Waals surface area contributed by atoms with Gasteiger partial charge in [0.15, 0.2) is 6.29 Å². The standard InChI is InChI=1S/C27H54O3/c1-3-5-7-9-17-21-25-29-27(30-26-22-18-10-8-6-4-2)23-19-15-13-11-12-14-16-20-24-28/h14,16,27-28H,3-13,15,17-26H2,1-2H3/b16-14+. The molecule has 0 spiro atoms. The summed E-state index contributed by atoms with van der Waals surface area (Å²) in [6.07, 6.45) is 27.9.